The molecule has 3 aromatic heterocycles. The highest BCUT2D eigenvalue weighted by atomic mass is 35.5. The van der Waals surface area contributed by atoms with Crippen LogP contribution in [0.15, 0.2) is 48.7 Å². The van der Waals surface area contributed by atoms with Crippen LogP contribution in [0.3, 0.4) is 0 Å². The molecule has 2 aromatic carbocycles. The number of fused-ring (bicyclic) bond motifs is 2. The van der Waals surface area contributed by atoms with Crippen molar-refractivity contribution in [3.8, 4) is 17.6 Å². The van der Waals surface area contributed by atoms with Crippen molar-refractivity contribution in [3.05, 3.63) is 70.0 Å². The summed E-state index contributed by atoms with van der Waals surface area (Å²) in [6, 6.07) is 13.1. The molecule has 0 radical (unpaired) electrons. The van der Waals surface area contributed by atoms with E-state index in [4.69, 9.17) is 33.0 Å². The van der Waals surface area contributed by atoms with Crippen LogP contribution in [0.5, 0.6) is 11.5 Å². The smallest absolute Gasteiger partial charge is 0.407 e. The summed E-state index contributed by atoms with van der Waals surface area (Å²) in [7, 11) is 2.98. The number of aromatic nitrogens is 6. The first-order chi connectivity index (χ1) is 19.7. The summed E-state index contributed by atoms with van der Waals surface area (Å²) < 4.78 is 8.76. The predicted molar refractivity (Wildman–Crippen MR) is 149 cm³/mol. The number of ether oxygens (including phenoxy) is 1. The van der Waals surface area contributed by atoms with Gasteiger partial charge in [-0.15, -0.1) is 5.10 Å². The number of rotatable bonds is 7. The van der Waals surface area contributed by atoms with E-state index in [1.165, 1.54) is 28.8 Å². The summed E-state index contributed by atoms with van der Waals surface area (Å²) in [5.41, 5.74) is 2.13. The summed E-state index contributed by atoms with van der Waals surface area (Å²) in [6.45, 7) is 0.425. The number of nitriles is 1. The number of likely N-dealkylation sites (N-methyl/N-ethyl adjacent to an activating group) is 2. The SMILES string of the molecule is CN(CCN(C)C(=O)n1nc(Cn2nnc3c(Oc4cc(Cl)cc(C#N)c4)c(Cl)ccc32)c2cccnc21)C(=O)O. The van der Waals surface area contributed by atoms with Crippen LogP contribution in [0, 0.1) is 11.3 Å². The lowest BCUT2D eigenvalue weighted by molar-refractivity contribution is 0.150. The lowest BCUT2D eigenvalue weighted by Gasteiger charge is -2.20. The van der Waals surface area contributed by atoms with Crippen LogP contribution in [-0.2, 0) is 6.54 Å². The van der Waals surface area contributed by atoms with E-state index in [-0.39, 0.29) is 30.4 Å². The Morgan fingerprint density at radius 3 is 2.66 bits per heavy atom. The molecule has 208 valence electrons. The second kappa shape index (κ2) is 11.3. The molecule has 0 saturated heterocycles. The van der Waals surface area contributed by atoms with E-state index in [2.05, 4.69) is 20.4 Å². The minimum Gasteiger partial charge on any atom is -0.465 e. The maximum absolute atomic E-state index is 13.2. The zero-order valence-corrected chi connectivity index (χ0v) is 23.2. The molecule has 3 heterocycles. The molecule has 5 rings (SSSR count). The Balaban J connectivity index is 1.46. The van der Waals surface area contributed by atoms with Gasteiger partial charge in [0.1, 0.15) is 5.75 Å². The molecule has 0 unspecified atom stereocenters. The van der Waals surface area contributed by atoms with E-state index >= 15 is 0 Å². The third-order valence-electron chi connectivity index (χ3n) is 6.24. The van der Waals surface area contributed by atoms with Crippen LogP contribution >= 0.6 is 23.2 Å². The van der Waals surface area contributed by atoms with Gasteiger partial charge in [-0.05, 0) is 42.5 Å². The third-order valence-corrected chi connectivity index (χ3v) is 6.75. The number of hydrogen-bond donors (Lipinski definition) is 1. The normalized spacial score (nSPS) is 11.0. The molecular weight excluding hydrogens is 573 g/mol. The minimum atomic E-state index is -1.09. The fraction of sp³-hybridized carbons (Fsp3) is 0.192. The molecule has 5 aromatic rings. The largest absolute Gasteiger partial charge is 0.465 e. The Bertz CT molecular complexity index is 1850. The summed E-state index contributed by atoms with van der Waals surface area (Å²) >= 11 is 12.6. The topological polar surface area (TPSA) is 155 Å². The first-order valence-corrected chi connectivity index (χ1v) is 12.8. The molecule has 0 atom stereocenters. The van der Waals surface area contributed by atoms with E-state index in [1.807, 2.05) is 6.07 Å². The van der Waals surface area contributed by atoms with Gasteiger partial charge in [0.2, 0.25) is 0 Å². The van der Waals surface area contributed by atoms with Crippen molar-refractivity contribution in [1.29, 1.82) is 5.26 Å². The molecule has 0 aliphatic heterocycles. The number of carboxylic acid groups (broad SMARTS) is 1. The first-order valence-electron chi connectivity index (χ1n) is 12.1. The Morgan fingerprint density at radius 1 is 1.12 bits per heavy atom. The number of carbonyl (C=O) groups is 2. The molecule has 0 spiro atoms. The van der Waals surface area contributed by atoms with Crippen molar-refractivity contribution in [3.63, 3.8) is 0 Å². The molecule has 41 heavy (non-hydrogen) atoms. The van der Waals surface area contributed by atoms with E-state index in [0.29, 0.717) is 44.1 Å². The van der Waals surface area contributed by atoms with Gasteiger partial charge in [-0.25, -0.2) is 19.3 Å². The van der Waals surface area contributed by atoms with Crippen molar-refractivity contribution in [1.82, 2.24) is 39.6 Å². The standard InChI is InChI=1S/C26H21Cl2N9O4/c1-34(8-9-35(2)26(39)40)25(38)37-24-18(4-3-7-30-24)20(32-37)14-36-21-6-5-19(28)23(22(21)31-33-36)41-17-11-15(13-29)10-16(27)12-17/h3-7,10-12H,8-9,14H2,1-2H3,(H,39,40). The maximum atomic E-state index is 13.2. The summed E-state index contributed by atoms with van der Waals surface area (Å²) in [6.07, 6.45) is 0.466. The highest BCUT2D eigenvalue weighted by molar-refractivity contribution is 6.33. The lowest BCUT2D eigenvalue weighted by Crippen LogP contribution is -2.39. The summed E-state index contributed by atoms with van der Waals surface area (Å²) in [5, 5.41) is 32.7. The van der Waals surface area contributed by atoms with Gasteiger partial charge < -0.3 is 19.6 Å². The Labute approximate surface area is 242 Å². The molecule has 0 saturated carbocycles. The molecular formula is C26H21Cl2N9O4. The van der Waals surface area contributed by atoms with Crippen LogP contribution in [0.2, 0.25) is 10.0 Å². The lowest BCUT2D eigenvalue weighted by atomic mass is 10.2. The van der Waals surface area contributed by atoms with Gasteiger partial charge in [0.05, 0.1) is 34.4 Å². The monoisotopic (exact) mass is 593 g/mol. The number of nitrogens with zero attached hydrogens (tertiary/aromatic N) is 9. The van der Waals surface area contributed by atoms with Crippen molar-refractivity contribution >= 4 is 57.4 Å². The molecule has 15 heteroatoms. The summed E-state index contributed by atoms with van der Waals surface area (Å²) in [4.78, 5) is 31.1. The quantitative estimate of drug-likeness (QED) is 0.282. The second-order valence-corrected chi connectivity index (χ2v) is 9.87. The van der Waals surface area contributed by atoms with E-state index in [0.717, 1.165) is 4.90 Å². The maximum Gasteiger partial charge on any atom is 0.407 e. The molecule has 0 bridgehead atoms. The second-order valence-electron chi connectivity index (χ2n) is 9.02. The number of carbonyl (C=O) groups excluding carboxylic acids is 1. The van der Waals surface area contributed by atoms with Crippen LogP contribution in [0.4, 0.5) is 9.59 Å². The van der Waals surface area contributed by atoms with Crippen molar-refractivity contribution in [2.45, 2.75) is 6.54 Å². The minimum absolute atomic E-state index is 0.127. The third kappa shape index (κ3) is 5.56. The number of halogens is 2. The molecule has 1 N–H and O–H groups in total. The van der Waals surface area contributed by atoms with Gasteiger partial charge in [-0.2, -0.15) is 15.0 Å². The molecule has 2 amide bonds. The fourth-order valence-corrected chi connectivity index (χ4v) is 4.48. The van der Waals surface area contributed by atoms with Gasteiger partial charge in [0, 0.05) is 43.8 Å². The molecule has 0 aliphatic rings. The highest BCUT2D eigenvalue weighted by Gasteiger charge is 2.22. The van der Waals surface area contributed by atoms with Crippen LogP contribution in [-0.4, -0.2) is 84.0 Å². The van der Waals surface area contributed by atoms with Crippen LogP contribution in [0.25, 0.3) is 22.1 Å². The number of pyridine rings is 1. The van der Waals surface area contributed by atoms with Crippen molar-refractivity contribution in [2.24, 2.45) is 0 Å². The highest BCUT2D eigenvalue weighted by Crippen LogP contribution is 2.37. The molecule has 13 nitrogen and oxygen atoms in total. The average molecular weight is 594 g/mol. The van der Waals surface area contributed by atoms with Gasteiger partial charge in [-0.1, -0.05) is 28.4 Å². The Kier molecular flexibility index (Phi) is 7.60. The van der Waals surface area contributed by atoms with E-state index in [1.54, 1.807) is 48.3 Å². The van der Waals surface area contributed by atoms with Gasteiger partial charge in [0.25, 0.3) is 0 Å². The van der Waals surface area contributed by atoms with Crippen molar-refractivity contribution < 1.29 is 19.4 Å². The molecule has 0 fully saturated rings. The van der Waals surface area contributed by atoms with Gasteiger partial charge in [0.15, 0.2) is 16.9 Å². The Morgan fingerprint density at radius 2 is 1.90 bits per heavy atom. The van der Waals surface area contributed by atoms with E-state index in [9.17, 15) is 14.9 Å². The fourth-order valence-electron chi connectivity index (χ4n) is 4.06. The average Bonchev–Trinajstić information content (AvgIpc) is 3.54. The zero-order valence-electron chi connectivity index (χ0n) is 21.7. The van der Waals surface area contributed by atoms with Gasteiger partial charge >= 0.3 is 12.1 Å². The predicted octanol–water partition coefficient (Wildman–Crippen LogP) is 4.70. The van der Waals surface area contributed by atoms with E-state index < -0.39 is 12.1 Å². The van der Waals surface area contributed by atoms with Crippen molar-refractivity contribution in [2.75, 3.05) is 27.2 Å². The number of benzene rings is 2. The first kappa shape index (κ1) is 27.6. The number of amides is 2. The van der Waals surface area contributed by atoms with Gasteiger partial charge in [-0.3, -0.25) is 0 Å². The summed E-state index contributed by atoms with van der Waals surface area (Å²) in [5.74, 6) is 0.549. The molecule has 0 aliphatic carbocycles. The number of hydrogen-bond acceptors (Lipinski definition) is 8. The Hall–Kier alpha value is -4.93. The van der Waals surface area contributed by atoms with Crippen LogP contribution in [0.1, 0.15) is 11.3 Å². The zero-order chi connectivity index (χ0) is 29.3. The van der Waals surface area contributed by atoms with Crippen LogP contribution < -0.4 is 4.74 Å².